The van der Waals surface area contributed by atoms with Gasteiger partial charge in [-0.1, -0.05) is 66.4 Å². The van der Waals surface area contributed by atoms with Crippen molar-refractivity contribution in [2.45, 2.75) is 11.7 Å². The predicted octanol–water partition coefficient (Wildman–Crippen LogP) is 3.05. The Morgan fingerprint density at radius 1 is 0.913 bits per heavy atom. The van der Waals surface area contributed by atoms with Gasteiger partial charge in [0.2, 0.25) is 5.16 Å². The minimum atomic E-state index is 0.348. The van der Waals surface area contributed by atoms with Gasteiger partial charge in [0.15, 0.2) is 5.82 Å². The van der Waals surface area contributed by atoms with Gasteiger partial charge in [-0.3, -0.25) is 5.43 Å². The molecule has 1 aliphatic rings. The Morgan fingerprint density at radius 2 is 1.61 bits per heavy atom. The molecule has 1 aliphatic heterocycles. The summed E-state index contributed by atoms with van der Waals surface area (Å²) in [6, 6.07) is 18.8. The molecule has 0 radical (unpaired) electrons. The van der Waals surface area contributed by atoms with E-state index >= 15 is 0 Å². The summed E-state index contributed by atoms with van der Waals surface area (Å²) >= 11 is 1.54. The molecule has 0 atom stereocenters. The van der Waals surface area contributed by atoms with E-state index in [1.807, 2.05) is 28.3 Å². The third-order valence-corrected chi connectivity index (χ3v) is 4.53. The van der Waals surface area contributed by atoms with Crippen LogP contribution >= 0.6 is 11.8 Å². The van der Waals surface area contributed by atoms with E-state index in [0.29, 0.717) is 6.54 Å². The van der Waals surface area contributed by atoms with Crippen LogP contribution in [0.5, 0.6) is 0 Å². The van der Waals surface area contributed by atoms with E-state index in [-0.39, 0.29) is 0 Å². The zero-order chi connectivity index (χ0) is 15.6. The van der Waals surface area contributed by atoms with Crippen LogP contribution in [-0.4, -0.2) is 14.9 Å². The van der Waals surface area contributed by atoms with Gasteiger partial charge in [0.05, 0.1) is 12.2 Å². The first kappa shape index (κ1) is 14.0. The summed E-state index contributed by atoms with van der Waals surface area (Å²) in [7, 11) is 0. The van der Waals surface area contributed by atoms with Crippen molar-refractivity contribution < 1.29 is 0 Å². The average molecular weight is 321 g/mol. The highest BCUT2D eigenvalue weighted by Crippen LogP contribution is 2.29. The number of benzene rings is 2. The lowest BCUT2D eigenvalue weighted by molar-refractivity contribution is 0.765. The molecule has 2 aromatic carbocycles. The fourth-order valence-electron chi connectivity index (χ4n) is 2.48. The predicted molar refractivity (Wildman–Crippen MR) is 93.0 cm³/mol. The lowest BCUT2D eigenvalue weighted by Gasteiger charge is -2.19. The van der Waals surface area contributed by atoms with Crippen molar-refractivity contribution in [3.05, 3.63) is 71.4 Å². The van der Waals surface area contributed by atoms with Crippen molar-refractivity contribution in [3.63, 3.8) is 0 Å². The molecule has 0 aliphatic carbocycles. The number of aromatic nitrogens is 3. The second-order valence-electron chi connectivity index (χ2n) is 5.14. The molecule has 114 valence electrons. The number of nitrogens with two attached hydrogens (primary N) is 1. The summed E-state index contributed by atoms with van der Waals surface area (Å²) < 4.78 is 1.84. The summed E-state index contributed by atoms with van der Waals surface area (Å²) in [5.74, 6) is 0.721. The summed E-state index contributed by atoms with van der Waals surface area (Å²) in [5, 5.41) is 11.0. The summed E-state index contributed by atoms with van der Waals surface area (Å²) in [5.41, 5.74) is 13.6. The Bertz CT molecular complexity index is 852. The Labute approximate surface area is 138 Å². The maximum Gasteiger partial charge on any atom is 0.214 e. The van der Waals surface area contributed by atoms with Crippen LogP contribution in [0.25, 0.3) is 16.8 Å². The van der Waals surface area contributed by atoms with Crippen LogP contribution in [0.4, 0.5) is 0 Å². The van der Waals surface area contributed by atoms with E-state index in [0.717, 1.165) is 22.2 Å². The summed E-state index contributed by atoms with van der Waals surface area (Å²) in [6.07, 6.45) is 0. The first-order valence-electron chi connectivity index (χ1n) is 7.29. The van der Waals surface area contributed by atoms with E-state index in [2.05, 4.69) is 52.0 Å². The highest BCUT2D eigenvalue weighted by molar-refractivity contribution is 8.02. The topological polar surface area (TPSA) is 68.8 Å². The van der Waals surface area contributed by atoms with E-state index < -0.39 is 0 Å². The molecule has 0 saturated carbocycles. The van der Waals surface area contributed by atoms with Crippen LogP contribution in [0.3, 0.4) is 0 Å². The minimum Gasteiger partial charge on any atom is -0.324 e. The molecule has 3 aromatic rings. The normalized spacial score (nSPS) is 13.2. The average Bonchev–Trinajstić information content (AvgIpc) is 3.05. The molecule has 6 heteroatoms. The number of thioether (sulfide) groups is 1. The fourth-order valence-corrected chi connectivity index (χ4v) is 3.24. The number of fused-ring (bicyclic) bond motifs is 1. The summed E-state index contributed by atoms with van der Waals surface area (Å²) in [6.45, 7) is 0.348. The molecule has 0 saturated heterocycles. The Kier molecular flexibility index (Phi) is 3.61. The fraction of sp³-hybridized carbons (Fsp3) is 0.0588. The largest absolute Gasteiger partial charge is 0.324 e. The number of nitrogens with one attached hydrogen (secondary N) is 1. The molecule has 3 N–H and O–H groups in total. The number of rotatable bonds is 3. The van der Waals surface area contributed by atoms with E-state index in [1.54, 1.807) is 0 Å². The Morgan fingerprint density at radius 3 is 2.35 bits per heavy atom. The molecule has 0 amide bonds. The van der Waals surface area contributed by atoms with Crippen LogP contribution in [-0.2, 0) is 6.54 Å². The molecule has 1 aromatic heterocycles. The van der Waals surface area contributed by atoms with Crippen LogP contribution in [0, 0.1) is 0 Å². The zero-order valence-electron chi connectivity index (χ0n) is 12.3. The first-order valence-corrected chi connectivity index (χ1v) is 8.17. The quantitative estimate of drug-likeness (QED) is 0.776. The minimum absolute atomic E-state index is 0.348. The molecule has 2 heterocycles. The van der Waals surface area contributed by atoms with Gasteiger partial charge in [-0.05, 0) is 16.7 Å². The highest BCUT2D eigenvalue weighted by atomic mass is 32.2. The maximum absolute atomic E-state index is 5.69. The van der Waals surface area contributed by atoms with Gasteiger partial charge in [-0.15, -0.1) is 10.2 Å². The smallest absolute Gasteiger partial charge is 0.214 e. The molecule has 0 bridgehead atoms. The first-order chi connectivity index (χ1) is 11.3. The molecule has 0 fully saturated rings. The van der Waals surface area contributed by atoms with Crippen LogP contribution < -0.4 is 11.2 Å². The van der Waals surface area contributed by atoms with Crippen molar-refractivity contribution >= 4 is 17.5 Å². The second kappa shape index (κ2) is 5.91. The molecule has 0 unspecified atom stereocenters. The lowest BCUT2D eigenvalue weighted by Crippen LogP contribution is -2.21. The number of hydrogen-bond donors (Lipinski definition) is 2. The van der Waals surface area contributed by atoms with Gasteiger partial charge in [0, 0.05) is 5.41 Å². The maximum atomic E-state index is 5.69. The standard InChI is InChI=1S/C17H15N5S/c18-10-16-19-20-17-22(16)21-15(11-23-17)14-8-6-13(7-9-14)12-4-2-1-3-5-12/h1-9,11,21H,10,18H2. The molecular weight excluding hydrogens is 306 g/mol. The van der Waals surface area contributed by atoms with E-state index in [1.165, 1.54) is 22.9 Å². The number of nitrogens with zero attached hydrogens (tertiary/aromatic N) is 3. The van der Waals surface area contributed by atoms with Crippen molar-refractivity contribution in [1.82, 2.24) is 14.9 Å². The van der Waals surface area contributed by atoms with Crippen molar-refractivity contribution in [1.29, 1.82) is 0 Å². The molecule has 23 heavy (non-hydrogen) atoms. The third-order valence-electron chi connectivity index (χ3n) is 3.70. The highest BCUT2D eigenvalue weighted by Gasteiger charge is 2.17. The Hall–Kier alpha value is -2.57. The summed E-state index contributed by atoms with van der Waals surface area (Å²) in [4.78, 5) is 0. The molecule has 0 spiro atoms. The third kappa shape index (κ3) is 2.62. The Balaban J connectivity index is 1.61. The molecule has 5 nitrogen and oxygen atoms in total. The van der Waals surface area contributed by atoms with E-state index in [4.69, 9.17) is 5.73 Å². The number of hydrogen-bond acceptors (Lipinski definition) is 5. The van der Waals surface area contributed by atoms with Crippen molar-refractivity contribution in [3.8, 4) is 11.1 Å². The van der Waals surface area contributed by atoms with Crippen molar-refractivity contribution in [2.75, 3.05) is 5.43 Å². The van der Waals surface area contributed by atoms with Gasteiger partial charge >= 0.3 is 0 Å². The lowest BCUT2D eigenvalue weighted by atomic mass is 10.0. The van der Waals surface area contributed by atoms with Crippen molar-refractivity contribution in [2.24, 2.45) is 5.73 Å². The van der Waals surface area contributed by atoms with Crippen LogP contribution in [0.1, 0.15) is 11.4 Å². The molecular formula is C17H15N5S. The van der Waals surface area contributed by atoms with Gasteiger partial charge in [-0.25, -0.2) is 4.68 Å². The van der Waals surface area contributed by atoms with Gasteiger partial charge < -0.3 is 5.73 Å². The SMILES string of the molecule is NCc1nnc2n1NC(c1ccc(-c3ccccc3)cc1)=CS2. The molecule has 4 rings (SSSR count). The second-order valence-corrected chi connectivity index (χ2v) is 5.98. The van der Waals surface area contributed by atoms with Gasteiger partial charge in [0.1, 0.15) is 0 Å². The van der Waals surface area contributed by atoms with Gasteiger partial charge in [-0.2, -0.15) is 0 Å². The monoisotopic (exact) mass is 321 g/mol. The zero-order valence-corrected chi connectivity index (χ0v) is 13.1. The van der Waals surface area contributed by atoms with Crippen LogP contribution in [0.15, 0.2) is 65.2 Å². The van der Waals surface area contributed by atoms with E-state index in [9.17, 15) is 0 Å². The van der Waals surface area contributed by atoms with Crippen LogP contribution in [0.2, 0.25) is 0 Å². The van der Waals surface area contributed by atoms with Gasteiger partial charge in [0.25, 0.3) is 0 Å².